The average Bonchev–Trinajstić information content (AvgIpc) is 3.24. The van der Waals surface area contributed by atoms with E-state index >= 15 is 0 Å². The van der Waals surface area contributed by atoms with Gasteiger partial charge in [0.1, 0.15) is 29.2 Å². The molecular weight excluding hydrogens is 413 g/mol. The van der Waals surface area contributed by atoms with E-state index in [1.54, 1.807) is 14.0 Å². The summed E-state index contributed by atoms with van der Waals surface area (Å²) in [4.78, 5) is 40.9. The maximum absolute atomic E-state index is 13.3. The quantitative estimate of drug-likeness (QED) is 0.598. The Morgan fingerprint density at radius 1 is 1.16 bits per heavy atom. The fourth-order valence-electron chi connectivity index (χ4n) is 4.01. The first-order valence-electron chi connectivity index (χ1n) is 10.4. The van der Waals surface area contributed by atoms with E-state index in [9.17, 15) is 18.8 Å². The van der Waals surface area contributed by atoms with Crippen molar-refractivity contribution in [2.24, 2.45) is 0 Å². The second kappa shape index (κ2) is 8.11. The number of amides is 4. The van der Waals surface area contributed by atoms with Crippen molar-refractivity contribution >= 4 is 28.8 Å². The van der Waals surface area contributed by atoms with Gasteiger partial charge in [0.15, 0.2) is 0 Å². The number of fused-ring (bicyclic) bond motifs is 1. The molecule has 7 nitrogen and oxygen atoms in total. The van der Waals surface area contributed by atoms with Crippen molar-refractivity contribution in [1.29, 1.82) is 0 Å². The molecule has 1 N–H and O–H groups in total. The lowest BCUT2D eigenvalue weighted by Crippen LogP contribution is -2.43. The molecule has 4 amide bonds. The summed E-state index contributed by atoms with van der Waals surface area (Å²) in [5.74, 6) is -0.589. The molecule has 0 radical (unpaired) electrons. The minimum Gasteiger partial charge on any atom is -0.461 e. The van der Waals surface area contributed by atoms with Crippen molar-refractivity contribution < 1.29 is 23.2 Å². The molecular formula is C24H24FN3O4. The van der Waals surface area contributed by atoms with E-state index in [1.165, 1.54) is 29.2 Å². The van der Waals surface area contributed by atoms with Crippen molar-refractivity contribution in [3.05, 3.63) is 71.2 Å². The standard InChI is InChI=1S/C24H24FN3O4/c1-4-19-18(17-7-5-6-8-20(17)32-19)13-27(3)21(29)14-28-22(30)24(2,26-23(28)31)15-9-11-16(25)12-10-15/h5-12H,4,13-14H2,1-3H3,(H,26,31). The van der Waals surface area contributed by atoms with Gasteiger partial charge in [0.2, 0.25) is 5.91 Å². The van der Waals surface area contributed by atoms with Crippen molar-refractivity contribution in [3.63, 3.8) is 0 Å². The van der Waals surface area contributed by atoms with Crippen molar-refractivity contribution in [3.8, 4) is 0 Å². The second-order valence-corrected chi connectivity index (χ2v) is 8.06. The van der Waals surface area contributed by atoms with Gasteiger partial charge in [-0.2, -0.15) is 0 Å². The van der Waals surface area contributed by atoms with Crippen molar-refractivity contribution in [2.45, 2.75) is 32.4 Å². The summed E-state index contributed by atoms with van der Waals surface area (Å²) in [5.41, 5.74) is 0.745. The Morgan fingerprint density at radius 3 is 2.53 bits per heavy atom. The van der Waals surface area contributed by atoms with Gasteiger partial charge in [-0.05, 0) is 30.7 Å². The summed E-state index contributed by atoms with van der Waals surface area (Å²) in [7, 11) is 1.63. The molecule has 0 spiro atoms. The topological polar surface area (TPSA) is 82.9 Å². The monoisotopic (exact) mass is 437 g/mol. The molecule has 2 heterocycles. The van der Waals surface area contributed by atoms with Crippen molar-refractivity contribution in [2.75, 3.05) is 13.6 Å². The van der Waals surface area contributed by atoms with Crippen LogP contribution in [0.5, 0.6) is 0 Å². The number of imide groups is 1. The number of aryl methyl sites for hydroxylation is 1. The Balaban J connectivity index is 1.51. The molecule has 0 bridgehead atoms. The van der Waals surface area contributed by atoms with Crippen LogP contribution in [-0.2, 0) is 28.1 Å². The normalized spacial score (nSPS) is 18.3. The predicted octanol–water partition coefficient (Wildman–Crippen LogP) is 3.56. The smallest absolute Gasteiger partial charge is 0.325 e. The highest BCUT2D eigenvalue weighted by molar-refractivity contribution is 6.09. The van der Waals surface area contributed by atoms with E-state index in [2.05, 4.69) is 5.32 Å². The number of likely N-dealkylation sites (N-methyl/N-ethyl adjacent to an activating group) is 1. The summed E-state index contributed by atoms with van der Waals surface area (Å²) in [6, 6.07) is 12.3. The molecule has 0 aliphatic carbocycles. The van der Waals surface area contributed by atoms with Gasteiger partial charge in [0, 0.05) is 31.0 Å². The Hall–Kier alpha value is -3.68. The molecule has 1 fully saturated rings. The summed E-state index contributed by atoms with van der Waals surface area (Å²) < 4.78 is 19.2. The largest absolute Gasteiger partial charge is 0.461 e. The second-order valence-electron chi connectivity index (χ2n) is 8.06. The third-order valence-corrected chi connectivity index (χ3v) is 5.91. The average molecular weight is 437 g/mol. The molecule has 32 heavy (non-hydrogen) atoms. The van der Waals surface area contributed by atoms with Gasteiger partial charge in [0.25, 0.3) is 5.91 Å². The third-order valence-electron chi connectivity index (χ3n) is 5.91. The highest BCUT2D eigenvalue weighted by Crippen LogP contribution is 2.30. The molecule has 2 aromatic carbocycles. The van der Waals surface area contributed by atoms with Crippen LogP contribution in [0.3, 0.4) is 0 Å². The summed E-state index contributed by atoms with van der Waals surface area (Å²) >= 11 is 0. The lowest BCUT2D eigenvalue weighted by atomic mass is 9.92. The zero-order chi connectivity index (χ0) is 23.0. The fourth-order valence-corrected chi connectivity index (χ4v) is 4.01. The molecule has 8 heteroatoms. The lowest BCUT2D eigenvalue weighted by molar-refractivity contribution is -0.138. The predicted molar refractivity (Wildman–Crippen MR) is 116 cm³/mol. The number of hydrogen-bond acceptors (Lipinski definition) is 4. The maximum atomic E-state index is 13.3. The molecule has 1 saturated heterocycles. The van der Waals surface area contributed by atoms with E-state index in [0.717, 1.165) is 27.2 Å². The SMILES string of the molecule is CCc1oc2ccccc2c1CN(C)C(=O)CN1C(=O)NC(C)(c2ccc(F)cc2)C1=O. The minimum absolute atomic E-state index is 0.290. The lowest BCUT2D eigenvalue weighted by Gasteiger charge is -2.23. The number of nitrogens with one attached hydrogen (secondary N) is 1. The molecule has 0 saturated carbocycles. The number of carbonyl (C=O) groups excluding carboxylic acids is 3. The maximum Gasteiger partial charge on any atom is 0.325 e. The molecule has 1 aliphatic heterocycles. The first kappa shape index (κ1) is 21.5. The first-order valence-corrected chi connectivity index (χ1v) is 10.4. The Morgan fingerprint density at radius 2 is 1.84 bits per heavy atom. The van der Waals surface area contributed by atoms with Crippen LogP contribution in [0.2, 0.25) is 0 Å². The summed E-state index contributed by atoms with van der Waals surface area (Å²) in [6.07, 6.45) is 0.676. The Labute approximate surface area is 184 Å². The molecule has 166 valence electrons. The van der Waals surface area contributed by atoms with Crippen molar-refractivity contribution in [1.82, 2.24) is 15.1 Å². The summed E-state index contributed by atoms with van der Waals surface area (Å²) in [6.45, 7) is 3.42. The number of halogens is 1. The number of para-hydroxylation sites is 1. The number of urea groups is 1. The third kappa shape index (κ3) is 3.62. The van der Waals surface area contributed by atoms with Crippen LogP contribution < -0.4 is 5.32 Å². The number of hydrogen-bond donors (Lipinski definition) is 1. The molecule has 3 aromatic rings. The van der Waals surface area contributed by atoms with Crippen LogP contribution in [0, 0.1) is 5.82 Å². The number of nitrogens with zero attached hydrogens (tertiary/aromatic N) is 2. The van der Waals surface area contributed by atoms with Crippen LogP contribution in [0.15, 0.2) is 52.9 Å². The van der Waals surface area contributed by atoms with E-state index < -0.39 is 29.8 Å². The van der Waals surface area contributed by atoms with Gasteiger partial charge < -0.3 is 14.6 Å². The molecule has 1 aromatic heterocycles. The zero-order valence-corrected chi connectivity index (χ0v) is 18.1. The van der Waals surface area contributed by atoms with Crippen LogP contribution >= 0.6 is 0 Å². The van der Waals surface area contributed by atoms with Crippen LogP contribution in [0.25, 0.3) is 11.0 Å². The Bertz CT molecular complexity index is 1200. The van der Waals surface area contributed by atoms with Crippen LogP contribution in [0.1, 0.15) is 30.7 Å². The summed E-state index contributed by atoms with van der Waals surface area (Å²) in [5, 5.41) is 3.56. The van der Waals surface area contributed by atoms with Gasteiger partial charge in [-0.25, -0.2) is 9.18 Å². The fraction of sp³-hybridized carbons (Fsp3) is 0.292. The highest BCUT2D eigenvalue weighted by atomic mass is 19.1. The van der Waals surface area contributed by atoms with E-state index in [4.69, 9.17) is 4.42 Å². The van der Waals surface area contributed by atoms with Gasteiger partial charge in [-0.15, -0.1) is 0 Å². The van der Waals surface area contributed by atoms with Gasteiger partial charge in [-0.1, -0.05) is 37.3 Å². The van der Waals surface area contributed by atoms with Gasteiger partial charge >= 0.3 is 6.03 Å². The van der Waals surface area contributed by atoms with Gasteiger partial charge in [-0.3, -0.25) is 14.5 Å². The van der Waals surface area contributed by atoms with E-state index in [1.807, 2.05) is 31.2 Å². The van der Waals surface area contributed by atoms with Gasteiger partial charge in [0.05, 0.1) is 0 Å². The Kier molecular flexibility index (Phi) is 5.46. The number of rotatable bonds is 6. The molecule has 1 atom stereocenters. The van der Waals surface area contributed by atoms with Crippen LogP contribution in [0.4, 0.5) is 9.18 Å². The number of benzene rings is 2. The molecule has 4 rings (SSSR count). The van der Waals surface area contributed by atoms with Crippen LogP contribution in [-0.4, -0.2) is 41.2 Å². The van der Waals surface area contributed by atoms with E-state index in [-0.39, 0.29) is 12.5 Å². The highest BCUT2D eigenvalue weighted by Gasteiger charge is 2.49. The number of carbonyl (C=O) groups is 3. The van der Waals surface area contributed by atoms with E-state index in [0.29, 0.717) is 12.0 Å². The number of furan rings is 1. The minimum atomic E-state index is -1.36. The molecule has 1 unspecified atom stereocenters. The zero-order valence-electron chi connectivity index (χ0n) is 18.1. The first-order chi connectivity index (χ1) is 15.2. The molecule has 1 aliphatic rings.